The maximum atomic E-state index is 4.53. The highest BCUT2D eigenvalue weighted by molar-refractivity contribution is 5.40. The Kier molecular flexibility index (Phi) is 3.76. The van der Waals surface area contributed by atoms with Crippen LogP contribution in [-0.4, -0.2) is 28.3 Å². The van der Waals surface area contributed by atoms with Crippen molar-refractivity contribution < 1.29 is 0 Å². The van der Waals surface area contributed by atoms with E-state index in [-0.39, 0.29) is 0 Å². The average Bonchev–Trinajstić information content (AvgIpc) is 3.00. The molecule has 20 heavy (non-hydrogen) atoms. The second kappa shape index (κ2) is 5.86. The largest absolute Gasteiger partial charge is 0.365 e. The fourth-order valence-electron chi connectivity index (χ4n) is 2.45. The van der Waals surface area contributed by atoms with Gasteiger partial charge in [-0.15, -0.1) is 5.10 Å². The molecule has 0 spiro atoms. The predicted octanol–water partition coefficient (Wildman–Crippen LogP) is 2.39. The van der Waals surface area contributed by atoms with Crippen molar-refractivity contribution >= 4 is 11.8 Å². The monoisotopic (exact) mass is 269 g/mol. The van der Waals surface area contributed by atoms with Gasteiger partial charge in [-0.3, -0.25) is 0 Å². The van der Waals surface area contributed by atoms with Crippen LogP contribution in [0.15, 0.2) is 30.5 Å². The molecule has 1 aromatic heterocycles. The highest BCUT2D eigenvalue weighted by Crippen LogP contribution is 2.16. The molecule has 0 bridgehead atoms. The van der Waals surface area contributed by atoms with Crippen LogP contribution in [-0.2, 0) is 6.54 Å². The molecule has 2 aromatic rings. The average molecular weight is 269 g/mol. The van der Waals surface area contributed by atoms with Crippen molar-refractivity contribution in [2.75, 3.05) is 23.3 Å². The van der Waals surface area contributed by atoms with E-state index in [1.165, 1.54) is 24.0 Å². The second-order valence-electron chi connectivity index (χ2n) is 5.18. The van der Waals surface area contributed by atoms with Crippen molar-refractivity contribution in [2.24, 2.45) is 0 Å². The van der Waals surface area contributed by atoms with Gasteiger partial charge in [0, 0.05) is 19.6 Å². The summed E-state index contributed by atoms with van der Waals surface area (Å²) in [7, 11) is 0. The van der Waals surface area contributed by atoms with Crippen molar-refractivity contribution in [3.63, 3.8) is 0 Å². The topological polar surface area (TPSA) is 53.9 Å². The van der Waals surface area contributed by atoms with Crippen molar-refractivity contribution in [3.05, 3.63) is 41.6 Å². The number of nitrogens with zero attached hydrogens (tertiary/aromatic N) is 4. The molecule has 1 aliphatic heterocycles. The lowest BCUT2D eigenvalue weighted by atomic mass is 10.1. The quantitative estimate of drug-likeness (QED) is 0.923. The van der Waals surface area contributed by atoms with Crippen molar-refractivity contribution in [2.45, 2.75) is 26.3 Å². The Morgan fingerprint density at radius 2 is 2.10 bits per heavy atom. The fraction of sp³-hybridized carbons (Fsp3) is 0.400. The molecule has 1 fully saturated rings. The molecule has 0 amide bonds. The minimum Gasteiger partial charge on any atom is -0.365 e. The molecule has 5 heteroatoms. The van der Waals surface area contributed by atoms with Gasteiger partial charge in [0.15, 0.2) is 5.82 Å². The van der Waals surface area contributed by atoms with E-state index < -0.39 is 0 Å². The summed E-state index contributed by atoms with van der Waals surface area (Å²) in [6, 6.07) is 8.44. The van der Waals surface area contributed by atoms with E-state index in [1.54, 1.807) is 6.20 Å². The van der Waals surface area contributed by atoms with Gasteiger partial charge in [-0.1, -0.05) is 29.8 Å². The molecule has 0 atom stereocenters. The van der Waals surface area contributed by atoms with Crippen LogP contribution >= 0.6 is 0 Å². The maximum Gasteiger partial charge on any atom is 0.247 e. The minimum absolute atomic E-state index is 0.733. The lowest BCUT2D eigenvalue weighted by Gasteiger charge is -2.14. The van der Waals surface area contributed by atoms with E-state index in [1.807, 2.05) is 0 Å². The Bertz CT molecular complexity index is 578. The molecule has 0 radical (unpaired) electrons. The Balaban J connectivity index is 1.66. The Hall–Kier alpha value is -2.17. The molecule has 0 saturated carbocycles. The van der Waals surface area contributed by atoms with Gasteiger partial charge in [-0.05, 0) is 25.3 Å². The summed E-state index contributed by atoms with van der Waals surface area (Å²) in [6.45, 7) is 4.91. The number of aryl methyl sites for hydroxylation is 1. The third-order valence-corrected chi connectivity index (χ3v) is 3.49. The van der Waals surface area contributed by atoms with E-state index in [2.05, 4.69) is 56.6 Å². The molecule has 0 aliphatic carbocycles. The van der Waals surface area contributed by atoms with Gasteiger partial charge in [-0.25, -0.2) is 0 Å². The zero-order chi connectivity index (χ0) is 13.8. The van der Waals surface area contributed by atoms with E-state index in [0.29, 0.717) is 0 Å². The van der Waals surface area contributed by atoms with E-state index >= 15 is 0 Å². The van der Waals surface area contributed by atoms with Crippen molar-refractivity contribution in [3.8, 4) is 0 Å². The van der Waals surface area contributed by atoms with Gasteiger partial charge in [0.25, 0.3) is 0 Å². The SMILES string of the molecule is Cc1cccc(CNc2cnnc(N3CCCC3)n2)c1. The van der Waals surface area contributed by atoms with Crippen LogP contribution in [0, 0.1) is 6.92 Å². The van der Waals surface area contributed by atoms with E-state index in [4.69, 9.17) is 0 Å². The van der Waals surface area contributed by atoms with Crippen molar-refractivity contribution in [1.29, 1.82) is 0 Å². The number of aromatic nitrogens is 3. The number of anilines is 2. The normalized spacial score (nSPS) is 14.6. The molecule has 1 saturated heterocycles. The summed E-state index contributed by atoms with van der Waals surface area (Å²) in [5.74, 6) is 1.51. The highest BCUT2D eigenvalue weighted by atomic mass is 15.3. The Labute approximate surface area is 119 Å². The van der Waals surface area contributed by atoms with Crippen LogP contribution in [0.25, 0.3) is 0 Å². The summed E-state index contributed by atoms with van der Waals surface area (Å²) in [5, 5.41) is 11.5. The van der Waals surface area contributed by atoms with Crippen LogP contribution in [0.4, 0.5) is 11.8 Å². The first-order valence-electron chi connectivity index (χ1n) is 7.05. The summed E-state index contributed by atoms with van der Waals surface area (Å²) in [5.41, 5.74) is 2.51. The first-order chi connectivity index (χ1) is 9.81. The van der Waals surface area contributed by atoms with Gasteiger partial charge >= 0.3 is 0 Å². The summed E-state index contributed by atoms with van der Waals surface area (Å²) >= 11 is 0. The highest BCUT2D eigenvalue weighted by Gasteiger charge is 2.15. The molecular weight excluding hydrogens is 250 g/mol. The molecule has 1 aromatic carbocycles. The van der Waals surface area contributed by atoms with Gasteiger partial charge in [0.2, 0.25) is 5.95 Å². The zero-order valence-electron chi connectivity index (χ0n) is 11.7. The lowest BCUT2D eigenvalue weighted by molar-refractivity contribution is 0.848. The zero-order valence-corrected chi connectivity index (χ0v) is 11.7. The Morgan fingerprint density at radius 1 is 1.25 bits per heavy atom. The molecule has 3 rings (SSSR count). The number of hydrogen-bond donors (Lipinski definition) is 1. The molecule has 104 valence electrons. The van der Waals surface area contributed by atoms with Gasteiger partial charge in [0.1, 0.15) is 0 Å². The predicted molar refractivity (Wildman–Crippen MR) is 79.8 cm³/mol. The molecule has 1 N–H and O–H groups in total. The van der Waals surface area contributed by atoms with Crippen LogP contribution in [0.5, 0.6) is 0 Å². The lowest BCUT2D eigenvalue weighted by Crippen LogP contribution is -2.21. The standard InChI is InChI=1S/C15H19N5/c1-12-5-4-6-13(9-12)10-16-14-11-17-19-15(18-14)20-7-2-3-8-20/h4-6,9,11H,2-3,7-8,10H2,1H3,(H,16,18,19). The first-order valence-corrected chi connectivity index (χ1v) is 7.05. The maximum absolute atomic E-state index is 4.53. The van der Waals surface area contributed by atoms with Crippen LogP contribution in [0.1, 0.15) is 24.0 Å². The first kappa shape index (κ1) is 12.8. The van der Waals surface area contributed by atoms with Gasteiger partial charge < -0.3 is 10.2 Å². The third kappa shape index (κ3) is 3.04. The third-order valence-electron chi connectivity index (χ3n) is 3.49. The number of benzene rings is 1. The van der Waals surface area contributed by atoms with E-state index in [0.717, 1.165) is 31.4 Å². The molecule has 2 heterocycles. The second-order valence-corrected chi connectivity index (χ2v) is 5.18. The summed E-state index contributed by atoms with van der Waals surface area (Å²) in [6.07, 6.45) is 4.10. The number of nitrogens with one attached hydrogen (secondary N) is 1. The molecule has 5 nitrogen and oxygen atoms in total. The molecular formula is C15H19N5. The molecule has 0 unspecified atom stereocenters. The van der Waals surface area contributed by atoms with Gasteiger partial charge in [0.05, 0.1) is 6.20 Å². The van der Waals surface area contributed by atoms with Gasteiger partial charge in [-0.2, -0.15) is 10.1 Å². The summed E-state index contributed by atoms with van der Waals surface area (Å²) < 4.78 is 0. The summed E-state index contributed by atoms with van der Waals surface area (Å²) in [4.78, 5) is 6.72. The minimum atomic E-state index is 0.733. The number of hydrogen-bond acceptors (Lipinski definition) is 5. The van der Waals surface area contributed by atoms with Crippen LogP contribution < -0.4 is 10.2 Å². The molecule has 1 aliphatic rings. The Morgan fingerprint density at radius 3 is 2.90 bits per heavy atom. The number of rotatable bonds is 4. The van der Waals surface area contributed by atoms with Crippen molar-refractivity contribution in [1.82, 2.24) is 15.2 Å². The van der Waals surface area contributed by atoms with Crippen LogP contribution in [0.2, 0.25) is 0 Å². The van der Waals surface area contributed by atoms with E-state index in [9.17, 15) is 0 Å². The smallest absolute Gasteiger partial charge is 0.247 e. The van der Waals surface area contributed by atoms with Crippen LogP contribution in [0.3, 0.4) is 0 Å². The fourth-order valence-corrected chi connectivity index (χ4v) is 2.45.